The fourth-order valence-electron chi connectivity index (χ4n) is 5.82. The van der Waals surface area contributed by atoms with Gasteiger partial charge in [0, 0.05) is 21.8 Å². The van der Waals surface area contributed by atoms with Crippen LogP contribution in [0.4, 0.5) is 17.1 Å². The summed E-state index contributed by atoms with van der Waals surface area (Å²) >= 11 is 6.42. The van der Waals surface area contributed by atoms with Gasteiger partial charge >= 0.3 is 0 Å². The molecule has 7 rings (SSSR count). The van der Waals surface area contributed by atoms with Gasteiger partial charge in [0.2, 0.25) is 0 Å². The molecule has 2 heteroatoms. The van der Waals surface area contributed by atoms with Crippen molar-refractivity contribution in [3.63, 3.8) is 0 Å². The first kappa shape index (κ1) is 27.5. The Morgan fingerprint density at radius 2 is 0.818 bits per heavy atom. The maximum atomic E-state index is 6.42. The van der Waals surface area contributed by atoms with E-state index < -0.39 is 0 Å². The van der Waals surface area contributed by atoms with Crippen molar-refractivity contribution >= 4 is 28.7 Å². The summed E-state index contributed by atoms with van der Waals surface area (Å²) in [5, 5.41) is 0.724. The van der Waals surface area contributed by atoms with E-state index in [1.165, 1.54) is 16.7 Å². The van der Waals surface area contributed by atoms with E-state index in [9.17, 15) is 0 Å². The van der Waals surface area contributed by atoms with Crippen LogP contribution in [0, 0.1) is 0 Å². The summed E-state index contributed by atoms with van der Waals surface area (Å²) in [7, 11) is 0. The number of rotatable bonds is 7. The van der Waals surface area contributed by atoms with Crippen LogP contribution in [-0.2, 0) is 0 Å². The fraction of sp³-hybridized carbons (Fsp3) is 0. The minimum Gasteiger partial charge on any atom is -0.309 e. The van der Waals surface area contributed by atoms with Gasteiger partial charge < -0.3 is 4.90 Å². The van der Waals surface area contributed by atoms with E-state index in [2.05, 4.69) is 169 Å². The SMILES string of the molecule is Clc1cccc(-c2cccc(N(c3ccccc3-c3ccccc3)c3ccc(-c4ccccc4)cc3-c3ccccc3)c2)c1. The summed E-state index contributed by atoms with van der Waals surface area (Å²) in [6.07, 6.45) is 0. The molecule has 44 heavy (non-hydrogen) atoms. The molecule has 0 aliphatic heterocycles. The summed E-state index contributed by atoms with van der Waals surface area (Å²) < 4.78 is 0. The molecular formula is C42H30ClN. The molecule has 0 fully saturated rings. The van der Waals surface area contributed by atoms with Crippen LogP contribution < -0.4 is 4.90 Å². The molecule has 0 saturated heterocycles. The predicted molar refractivity (Wildman–Crippen MR) is 188 cm³/mol. The fourth-order valence-corrected chi connectivity index (χ4v) is 6.01. The van der Waals surface area contributed by atoms with E-state index in [1.807, 2.05) is 18.2 Å². The van der Waals surface area contributed by atoms with Crippen molar-refractivity contribution in [2.75, 3.05) is 4.90 Å². The highest BCUT2D eigenvalue weighted by Crippen LogP contribution is 2.46. The highest BCUT2D eigenvalue weighted by Gasteiger charge is 2.21. The molecule has 0 aliphatic carbocycles. The molecule has 0 unspecified atom stereocenters. The first-order valence-electron chi connectivity index (χ1n) is 14.8. The molecule has 7 aromatic carbocycles. The second kappa shape index (κ2) is 12.5. The number of para-hydroxylation sites is 1. The topological polar surface area (TPSA) is 3.24 Å². The van der Waals surface area contributed by atoms with E-state index >= 15 is 0 Å². The molecule has 1 nitrogen and oxygen atoms in total. The lowest BCUT2D eigenvalue weighted by Gasteiger charge is -2.30. The molecule has 0 amide bonds. The number of hydrogen-bond donors (Lipinski definition) is 0. The third-order valence-electron chi connectivity index (χ3n) is 7.92. The monoisotopic (exact) mass is 583 g/mol. The zero-order chi connectivity index (χ0) is 29.7. The molecule has 0 atom stereocenters. The Labute approximate surface area is 264 Å². The van der Waals surface area contributed by atoms with Crippen molar-refractivity contribution in [2.24, 2.45) is 0 Å². The van der Waals surface area contributed by atoms with Crippen LogP contribution in [0.5, 0.6) is 0 Å². The molecule has 0 aliphatic rings. The summed E-state index contributed by atoms with van der Waals surface area (Å²) in [4.78, 5) is 2.40. The van der Waals surface area contributed by atoms with Crippen LogP contribution in [0.3, 0.4) is 0 Å². The van der Waals surface area contributed by atoms with Gasteiger partial charge in [-0.2, -0.15) is 0 Å². The second-order valence-corrected chi connectivity index (χ2v) is 11.2. The smallest absolute Gasteiger partial charge is 0.0540 e. The van der Waals surface area contributed by atoms with Crippen molar-refractivity contribution < 1.29 is 0 Å². The normalized spacial score (nSPS) is 10.8. The first-order valence-corrected chi connectivity index (χ1v) is 15.2. The zero-order valence-electron chi connectivity index (χ0n) is 24.1. The van der Waals surface area contributed by atoms with Crippen LogP contribution >= 0.6 is 11.6 Å². The van der Waals surface area contributed by atoms with Gasteiger partial charge in [0.05, 0.1) is 11.4 Å². The lowest BCUT2D eigenvalue weighted by Crippen LogP contribution is -2.12. The molecule has 7 aromatic rings. The molecule has 0 radical (unpaired) electrons. The lowest BCUT2D eigenvalue weighted by molar-refractivity contribution is 1.28. The predicted octanol–water partition coefficient (Wildman–Crippen LogP) is 12.5. The van der Waals surface area contributed by atoms with Crippen LogP contribution in [0.2, 0.25) is 5.02 Å². The summed E-state index contributed by atoms with van der Waals surface area (Å²) in [6.45, 7) is 0. The van der Waals surface area contributed by atoms with Crippen molar-refractivity contribution in [1.29, 1.82) is 0 Å². The Morgan fingerprint density at radius 1 is 0.318 bits per heavy atom. The zero-order valence-corrected chi connectivity index (χ0v) is 24.9. The van der Waals surface area contributed by atoms with Gasteiger partial charge in [-0.1, -0.05) is 151 Å². The Balaban J connectivity index is 1.50. The molecule has 0 N–H and O–H groups in total. The number of hydrogen-bond acceptors (Lipinski definition) is 1. The Morgan fingerprint density at radius 3 is 1.50 bits per heavy atom. The van der Waals surface area contributed by atoms with E-state index in [-0.39, 0.29) is 0 Å². The van der Waals surface area contributed by atoms with Crippen molar-refractivity contribution in [2.45, 2.75) is 0 Å². The van der Waals surface area contributed by atoms with Gasteiger partial charge in [0.15, 0.2) is 0 Å². The molecule has 0 aromatic heterocycles. The number of anilines is 3. The van der Waals surface area contributed by atoms with Gasteiger partial charge in [0.25, 0.3) is 0 Å². The average Bonchev–Trinajstić information content (AvgIpc) is 3.10. The molecular weight excluding hydrogens is 554 g/mol. The van der Waals surface area contributed by atoms with Gasteiger partial charge in [0.1, 0.15) is 0 Å². The van der Waals surface area contributed by atoms with Gasteiger partial charge in [-0.05, 0) is 75.8 Å². The lowest BCUT2D eigenvalue weighted by atomic mass is 9.95. The van der Waals surface area contributed by atoms with Gasteiger partial charge in [-0.15, -0.1) is 0 Å². The van der Waals surface area contributed by atoms with E-state index in [0.29, 0.717) is 0 Å². The molecule has 0 bridgehead atoms. The number of nitrogens with zero attached hydrogens (tertiary/aromatic N) is 1. The first-order chi connectivity index (χ1) is 21.7. The summed E-state index contributed by atoms with van der Waals surface area (Å²) in [6, 6.07) is 64.1. The Kier molecular flexibility index (Phi) is 7.78. The molecule has 0 heterocycles. The third kappa shape index (κ3) is 5.66. The number of benzene rings is 7. The van der Waals surface area contributed by atoms with Crippen LogP contribution in [0.1, 0.15) is 0 Å². The van der Waals surface area contributed by atoms with Gasteiger partial charge in [-0.3, -0.25) is 0 Å². The van der Waals surface area contributed by atoms with E-state index in [1.54, 1.807) is 0 Å². The minimum atomic E-state index is 0.724. The third-order valence-corrected chi connectivity index (χ3v) is 8.16. The maximum Gasteiger partial charge on any atom is 0.0540 e. The number of halogens is 1. The van der Waals surface area contributed by atoms with Crippen LogP contribution in [0.25, 0.3) is 44.5 Å². The molecule has 210 valence electrons. The highest BCUT2D eigenvalue weighted by molar-refractivity contribution is 6.30. The average molecular weight is 584 g/mol. The Hall–Kier alpha value is -5.37. The van der Waals surface area contributed by atoms with Gasteiger partial charge in [-0.25, -0.2) is 0 Å². The second-order valence-electron chi connectivity index (χ2n) is 10.7. The maximum absolute atomic E-state index is 6.42. The summed E-state index contributed by atoms with van der Waals surface area (Å²) in [5.41, 5.74) is 12.5. The molecule has 0 saturated carbocycles. The molecule has 0 spiro atoms. The minimum absolute atomic E-state index is 0.724. The quantitative estimate of drug-likeness (QED) is 0.180. The largest absolute Gasteiger partial charge is 0.309 e. The Bertz CT molecular complexity index is 2020. The standard InChI is InChI=1S/C42H30ClN/c43-37-22-12-20-34(28-37)35-21-13-23-38(29-35)44(41-25-11-10-24-39(41)32-16-6-2-7-17-32)42-27-26-36(31-14-4-1-5-15-31)30-40(42)33-18-8-3-9-19-33/h1-30H. The van der Waals surface area contributed by atoms with E-state index in [4.69, 9.17) is 11.6 Å². The highest BCUT2D eigenvalue weighted by atomic mass is 35.5. The van der Waals surface area contributed by atoms with Crippen molar-refractivity contribution in [1.82, 2.24) is 0 Å². The van der Waals surface area contributed by atoms with Crippen LogP contribution in [-0.4, -0.2) is 0 Å². The van der Waals surface area contributed by atoms with Crippen molar-refractivity contribution in [3.05, 3.63) is 187 Å². The van der Waals surface area contributed by atoms with E-state index in [0.717, 1.165) is 49.9 Å². The van der Waals surface area contributed by atoms with Crippen molar-refractivity contribution in [3.8, 4) is 44.5 Å². The summed E-state index contributed by atoms with van der Waals surface area (Å²) in [5.74, 6) is 0. The van der Waals surface area contributed by atoms with Crippen LogP contribution in [0.15, 0.2) is 182 Å².